The molecule has 0 saturated heterocycles. The van der Waals surface area contributed by atoms with Crippen molar-refractivity contribution in [1.82, 2.24) is 0 Å². The minimum absolute atomic E-state index is 0.133. The second-order valence-corrected chi connectivity index (χ2v) is 4.05. The summed E-state index contributed by atoms with van der Waals surface area (Å²) in [6.07, 6.45) is 0. The highest BCUT2D eigenvalue weighted by Gasteiger charge is 2.01. The van der Waals surface area contributed by atoms with Crippen molar-refractivity contribution >= 4 is 37.4 Å². The molecule has 2 aromatic rings. The van der Waals surface area contributed by atoms with Crippen molar-refractivity contribution in [2.45, 2.75) is 0 Å². The predicted molar refractivity (Wildman–Crippen MR) is 49.5 cm³/mol. The van der Waals surface area contributed by atoms with Gasteiger partial charge in [-0.3, -0.25) is 0 Å². The molecule has 0 aliphatic carbocycles. The maximum atomic E-state index is 12.9. The van der Waals surface area contributed by atoms with Gasteiger partial charge in [0.15, 0.2) is 0 Å². The van der Waals surface area contributed by atoms with Crippen LogP contribution >= 0.6 is 27.3 Å². The molecule has 11 heavy (non-hydrogen) atoms. The molecule has 0 nitrogen and oxygen atoms in total. The molecule has 0 N–H and O–H groups in total. The van der Waals surface area contributed by atoms with Gasteiger partial charge >= 0.3 is 0 Å². The monoisotopic (exact) mass is 230 g/mol. The molecule has 3 heteroatoms. The Hall–Kier alpha value is -0.410. The Kier molecular flexibility index (Phi) is 1.69. The number of rotatable bonds is 0. The molecule has 0 fully saturated rings. The fourth-order valence-electron chi connectivity index (χ4n) is 0.970. The molecule has 2 rings (SSSR count). The van der Waals surface area contributed by atoms with Gasteiger partial charge in [-0.15, -0.1) is 11.3 Å². The first-order valence-corrected chi connectivity index (χ1v) is 4.77. The smallest absolute Gasteiger partial charge is 0.141 e. The summed E-state index contributed by atoms with van der Waals surface area (Å²) in [5, 5.41) is 2.22. The third kappa shape index (κ3) is 1.19. The van der Waals surface area contributed by atoms with Crippen molar-refractivity contribution in [2.75, 3.05) is 0 Å². The van der Waals surface area contributed by atoms with Crippen LogP contribution in [0.2, 0.25) is 0 Å². The van der Waals surface area contributed by atoms with E-state index in [2.05, 4.69) is 15.9 Å². The third-order valence-corrected chi connectivity index (χ3v) is 2.92. The second-order valence-electron chi connectivity index (χ2n) is 2.22. The summed E-state index contributed by atoms with van der Waals surface area (Å²) in [5.41, 5.74) is 0. The molecule has 56 valence electrons. The van der Waals surface area contributed by atoms with Gasteiger partial charge in [-0.25, -0.2) is 4.39 Å². The maximum absolute atomic E-state index is 12.9. The summed E-state index contributed by atoms with van der Waals surface area (Å²) in [4.78, 5) is 0. The van der Waals surface area contributed by atoms with Crippen molar-refractivity contribution < 1.29 is 4.39 Å². The SMILES string of the molecule is Fc1csc2ccc(Br)cc12. The summed E-state index contributed by atoms with van der Waals surface area (Å²) < 4.78 is 14.8. The van der Waals surface area contributed by atoms with E-state index in [1.165, 1.54) is 16.7 Å². The number of fused-ring (bicyclic) bond motifs is 1. The highest BCUT2D eigenvalue weighted by atomic mass is 79.9. The zero-order valence-electron chi connectivity index (χ0n) is 5.47. The van der Waals surface area contributed by atoms with Gasteiger partial charge in [0.2, 0.25) is 0 Å². The van der Waals surface area contributed by atoms with Gasteiger partial charge in [-0.1, -0.05) is 15.9 Å². The molecule has 0 aliphatic rings. The number of thiophene rings is 1. The van der Waals surface area contributed by atoms with Gasteiger partial charge in [0, 0.05) is 19.9 Å². The zero-order valence-corrected chi connectivity index (χ0v) is 7.88. The molecule has 1 aromatic heterocycles. The van der Waals surface area contributed by atoms with Crippen LogP contribution in [-0.4, -0.2) is 0 Å². The molecule has 0 atom stereocenters. The van der Waals surface area contributed by atoms with E-state index in [4.69, 9.17) is 0 Å². The molecule has 1 aromatic carbocycles. The van der Waals surface area contributed by atoms with Crippen LogP contribution in [0.1, 0.15) is 0 Å². The van der Waals surface area contributed by atoms with Crippen LogP contribution in [0.25, 0.3) is 10.1 Å². The fourth-order valence-corrected chi connectivity index (χ4v) is 2.12. The summed E-state index contributed by atoms with van der Waals surface area (Å²) in [5.74, 6) is -0.133. The topological polar surface area (TPSA) is 0 Å². The largest absolute Gasteiger partial charge is 0.205 e. The fraction of sp³-hybridized carbons (Fsp3) is 0. The summed E-state index contributed by atoms with van der Waals surface area (Å²) >= 11 is 4.72. The van der Waals surface area contributed by atoms with Crippen LogP contribution in [0.15, 0.2) is 28.1 Å². The van der Waals surface area contributed by atoms with Crippen molar-refractivity contribution in [2.24, 2.45) is 0 Å². The number of hydrogen-bond acceptors (Lipinski definition) is 1. The van der Waals surface area contributed by atoms with Crippen LogP contribution in [0.3, 0.4) is 0 Å². The molecular weight excluding hydrogens is 227 g/mol. The van der Waals surface area contributed by atoms with E-state index in [1.807, 2.05) is 12.1 Å². The molecule has 1 heterocycles. The lowest BCUT2D eigenvalue weighted by Crippen LogP contribution is -1.68. The highest BCUT2D eigenvalue weighted by Crippen LogP contribution is 2.27. The maximum Gasteiger partial charge on any atom is 0.141 e. The normalized spacial score (nSPS) is 10.7. The van der Waals surface area contributed by atoms with E-state index in [0.29, 0.717) is 5.39 Å². The lowest BCUT2D eigenvalue weighted by Gasteiger charge is -1.89. The molecule has 0 saturated carbocycles. The minimum atomic E-state index is -0.133. The zero-order chi connectivity index (χ0) is 7.84. The van der Waals surface area contributed by atoms with Crippen LogP contribution < -0.4 is 0 Å². The van der Waals surface area contributed by atoms with Crippen molar-refractivity contribution in [3.05, 3.63) is 33.9 Å². The first kappa shape index (κ1) is 7.25. The van der Waals surface area contributed by atoms with Crippen LogP contribution in [0, 0.1) is 5.82 Å². The Morgan fingerprint density at radius 3 is 3.00 bits per heavy atom. The lowest BCUT2D eigenvalue weighted by atomic mass is 10.3. The highest BCUT2D eigenvalue weighted by molar-refractivity contribution is 9.10. The number of halogens is 2. The first-order valence-electron chi connectivity index (χ1n) is 3.09. The van der Waals surface area contributed by atoms with Gasteiger partial charge in [0.1, 0.15) is 5.82 Å². The molecule has 0 radical (unpaired) electrons. The third-order valence-electron chi connectivity index (χ3n) is 1.49. The Balaban J connectivity index is 2.87. The minimum Gasteiger partial charge on any atom is -0.205 e. The van der Waals surface area contributed by atoms with Gasteiger partial charge in [0.05, 0.1) is 0 Å². The molecule has 0 amide bonds. The Morgan fingerprint density at radius 2 is 2.18 bits per heavy atom. The van der Waals surface area contributed by atoms with E-state index in [0.717, 1.165) is 9.17 Å². The van der Waals surface area contributed by atoms with Gasteiger partial charge < -0.3 is 0 Å². The van der Waals surface area contributed by atoms with E-state index < -0.39 is 0 Å². The first-order chi connectivity index (χ1) is 5.27. The number of benzene rings is 1. The average Bonchev–Trinajstić information content (AvgIpc) is 2.33. The Labute approximate surface area is 75.8 Å². The van der Waals surface area contributed by atoms with E-state index in [9.17, 15) is 4.39 Å². The molecule has 0 spiro atoms. The second kappa shape index (κ2) is 2.57. The Morgan fingerprint density at radius 1 is 1.36 bits per heavy atom. The standard InChI is InChI=1S/C8H4BrFS/c9-5-1-2-8-6(3-5)7(10)4-11-8/h1-4H. The summed E-state index contributed by atoms with van der Waals surface area (Å²) in [6.45, 7) is 0. The summed E-state index contributed by atoms with van der Waals surface area (Å²) in [7, 11) is 0. The van der Waals surface area contributed by atoms with E-state index in [1.54, 1.807) is 6.07 Å². The van der Waals surface area contributed by atoms with Crippen molar-refractivity contribution in [3.8, 4) is 0 Å². The van der Waals surface area contributed by atoms with E-state index in [-0.39, 0.29) is 5.82 Å². The molecule has 0 unspecified atom stereocenters. The van der Waals surface area contributed by atoms with Crippen LogP contribution in [0.4, 0.5) is 4.39 Å². The average molecular weight is 231 g/mol. The predicted octanol–water partition coefficient (Wildman–Crippen LogP) is 3.80. The number of hydrogen-bond donors (Lipinski definition) is 0. The lowest BCUT2D eigenvalue weighted by molar-refractivity contribution is 0.644. The molecule has 0 aliphatic heterocycles. The van der Waals surface area contributed by atoms with Gasteiger partial charge in [0.25, 0.3) is 0 Å². The Bertz CT molecular complexity index is 394. The van der Waals surface area contributed by atoms with Crippen LogP contribution in [-0.2, 0) is 0 Å². The van der Waals surface area contributed by atoms with E-state index >= 15 is 0 Å². The quantitative estimate of drug-likeness (QED) is 0.646. The van der Waals surface area contributed by atoms with Gasteiger partial charge in [-0.2, -0.15) is 0 Å². The summed E-state index contributed by atoms with van der Waals surface area (Å²) in [6, 6.07) is 5.62. The molecular formula is C8H4BrFS. The van der Waals surface area contributed by atoms with Crippen molar-refractivity contribution in [1.29, 1.82) is 0 Å². The van der Waals surface area contributed by atoms with Crippen LogP contribution in [0.5, 0.6) is 0 Å². The molecule has 0 bridgehead atoms. The van der Waals surface area contributed by atoms with Gasteiger partial charge in [-0.05, 0) is 18.2 Å². The van der Waals surface area contributed by atoms with Crippen molar-refractivity contribution in [3.63, 3.8) is 0 Å².